The topological polar surface area (TPSA) is 52.0 Å². The van der Waals surface area contributed by atoms with Crippen LogP contribution in [-0.4, -0.2) is 11.0 Å². The summed E-state index contributed by atoms with van der Waals surface area (Å²) >= 11 is 0. The number of nitrogens with two attached hydrogens (primary N) is 1. The smallest absolute Gasteiger partial charge is 0.198 e. The Hall–Kier alpha value is -1.61. The minimum Gasteiger partial charge on any atom is -0.445 e. The van der Waals surface area contributed by atoms with E-state index in [4.69, 9.17) is 10.2 Å². The average Bonchev–Trinajstić information content (AvgIpc) is 2.64. The number of oxazole rings is 1. The zero-order valence-electron chi connectivity index (χ0n) is 10.3. The number of rotatable bonds is 4. The number of aryl methyl sites for hydroxylation is 1. The highest BCUT2D eigenvalue weighted by Crippen LogP contribution is 2.12. The van der Waals surface area contributed by atoms with E-state index in [1.807, 2.05) is 6.92 Å². The number of aromatic nitrogens is 1. The molecule has 1 aromatic heterocycles. The standard InChI is InChI=1S/C14H18N2O/c1-10-4-3-5-12(6-10)8-14-16-9-13(17-14)7-11(2)15/h3-6,9,11H,7-8,15H2,1-2H3. The minimum atomic E-state index is 0.106. The van der Waals surface area contributed by atoms with Gasteiger partial charge in [0, 0.05) is 18.9 Å². The molecule has 0 aliphatic rings. The molecule has 2 N–H and O–H groups in total. The molecule has 3 heteroatoms. The van der Waals surface area contributed by atoms with E-state index >= 15 is 0 Å². The molecule has 90 valence electrons. The van der Waals surface area contributed by atoms with Crippen LogP contribution in [0.1, 0.15) is 29.7 Å². The van der Waals surface area contributed by atoms with Gasteiger partial charge in [-0.1, -0.05) is 29.8 Å². The van der Waals surface area contributed by atoms with Gasteiger partial charge in [-0.2, -0.15) is 0 Å². The summed E-state index contributed by atoms with van der Waals surface area (Å²) in [7, 11) is 0. The zero-order chi connectivity index (χ0) is 12.3. The minimum absolute atomic E-state index is 0.106. The maximum absolute atomic E-state index is 5.72. The fraction of sp³-hybridized carbons (Fsp3) is 0.357. The molecule has 0 aliphatic carbocycles. The predicted octanol–water partition coefficient (Wildman–Crippen LogP) is 2.46. The first-order chi connectivity index (χ1) is 8.13. The van der Waals surface area contributed by atoms with Crippen LogP contribution in [0.4, 0.5) is 0 Å². The lowest BCUT2D eigenvalue weighted by atomic mass is 10.1. The van der Waals surface area contributed by atoms with Crippen LogP contribution in [0.15, 0.2) is 34.9 Å². The molecule has 1 unspecified atom stereocenters. The normalized spacial score (nSPS) is 12.6. The van der Waals surface area contributed by atoms with Crippen molar-refractivity contribution in [2.45, 2.75) is 32.7 Å². The molecule has 0 amide bonds. The van der Waals surface area contributed by atoms with Gasteiger partial charge in [0.2, 0.25) is 0 Å². The Morgan fingerprint density at radius 3 is 2.94 bits per heavy atom. The molecule has 0 spiro atoms. The van der Waals surface area contributed by atoms with E-state index in [9.17, 15) is 0 Å². The highest BCUT2D eigenvalue weighted by Gasteiger charge is 2.06. The number of hydrogen-bond donors (Lipinski definition) is 1. The Balaban J connectivity index is 2.06. The molecule has 0 saturated heterocycles. The van der Waals surface area contributed by atoms with Gasteiger partial charge in [0.05, 0.1) is 6.20 Å². The first kappa shape index (κ1) is 11.9. The SMILES string of the molecule is Cc1cccc(Cc2ncc(CC(C)N)o2)c1. The van der Waals surface area contributed by atoms with Crippen LogP contribution in [0, 0.1) is 6.92 Å². The lowest BCUT2D eigenvalue weighted by Crippen LogP contribution is -2.17. The van der Waals surface area contributed by atoms with Crippen molar-refractivity contribution in [2.24, 2.45) is 5.73 Å². The average molecular weight is 230 g/mol. The lowest BCUT2D eigenvalue weighted by molar-refractivity contribution is 0.452. The van der Waals surface area contributed by atoms with Crippen molar-refractivity contribution in [1.82, 2.24) is 4.98 Å². The van der Waals surface area contributed by atoms with Crippen LogP contribution in [0.2, 0.25) is 0 Å². The molecule has 1 atom stereocenters. The third-order valence-electron chi connectivity index (χ3n) is 2.56. The summed E-state index contributed by atoms with van der Waals surface area (Å²) in [6.45, 7) is 4.04. The van der Waals surface area contributed by atoms with Crippen LogP contribution >= 0.6 is 0 Å². The van der Waals surface area contributed by atoms with Crippen LogP contribution < -0.4 is 5.73 Å². The van der Waals surface area contributed by atoms with E-state index in [0.717, 1.165) is 24.5 Å². The Morgan fingerprint density at radius 1 is 1.41 bits per heavy atom. The summed E-state index contributed by atoms with van der Waals surface area (Å²) in [6.07, 6.45) is 3.25. The van der Waals surface area contributed by atoms with E-state index in [1.54, 1.807) is 6.20 Å². The molecule has 0 aliphatic heterocycles. The molecule has 2 aromatic rings. The second kappa shape index (κ2) is 5.15. The molecule has 0 saturated carbocycles. The molecule has 17 heavy (non-hydrogen) atoms. The van der Waals surface area contributed by atoms with Crippen molar-refractivity contribution in [1.29, 1.82) is 0 Å². The first-order valence-corrected chi connectivity index (χ1v) is 5.88. The van der Waals surface area contributed by atoms with Gasteiger partial charge in [-0.15, -0.1) is 0 Å². The molecule has 1 aromatic carbocycles. The van der Waals surface area contributed by atoms with E-state index in [2.05, 4.69) is 36.2 Å². The molecule has 3 nitrogen and oxygen atoms in total. The van der Waals surface area contributed by atoms with Gasteiger partial charge in [-0.3, -0.25) is 0 Å². The highest BCUT2D eigenvalue weighted by atomic mass is 16.4. The molecule has 2 rings (SSSR count). The summed E-state index contributed by atoms with van der Waals surface area (Å²) in [4.78, 5) is 4.27. The quantitative estimate of drug-likeness (QED) is 0.877. The monoisotopic (exact) mass is 230 g/mol. The van der Waals surface area contributed by atoms with Crippen LogP contribution in [-0.2, 0) is 12.8 Å². The van der Waals surface area contributed by atoms with Gasteiger partial charge in [-0.25, -0.2) is 4.98 Å². The largest absolute Gasteiger partial charge is 0.445 e. The summed E-state index contributed by atoms with van der Waals surface area (Å²) in [6, 6.07) is 8.48. The highest BCUT2D eigenvalue weighted by molar-refractivity contribution is 5.24. The van der Waals surface area contributed by atoms with Crippen molar-refractivity contribution in [3.8, 4) is 0 Å². The van der Waals surface area contributed by atoms with Gasteiger partial charge < -0.3 is 10.2 Å². The van der Waals surface area contributed by atoms with Crippen molar-refractivity contribution in [3.63, 3.8) is 0 Å². The Kier molecular flexibility index (Phi) is 3.59. The zero-order valence-corrected chi connectivity index (χ0v) is 10.3. The molecular weight excluding hydrogens is 212 g/mol. The molecule has 0 radical (unpaired) electrons. The summed E-state index contributed by atoms with van der Waals surface area (Å²) < 4.78 is 5.65. The molecule has 0 fully saturated rings. The second-order valence-corrected chi connectivity index (χ2v) is 4.57. The lowest BCUT2D eigenvalue weighted by Gasteiger charge is -2.00. The fourth-order valence-corrected chi connectivity index (χ4v) is 1.84. The van der Waals surface area contributed by atoms with Crippen LogP contribution in [0.25, 0.3) is 0 Å². The summed E-state index contributed by atoms with van der Waals surface area (Å²) in [5, 5.41) is 0. The van der Waals surface area contributed by atoms with Crippen molar-refractivity contribution in [3.05, 3.63) is 53.2 Å². The Labute approximate surface area is 102 Å². The number of nitrogens with zero attached hydrogens (tertiary/aromatic N) is 1. The van der Waals surface area contributed by atoms with Crippen molar-refractivity contribution >= 4 is 0 Å². The second-order valence-electron chi connectivity index (χ2n) is 4.57. The number of benzene rings is 1. The molecule has 1 heterocycles. The van der Waals surface area contributed by atoms with E-state index in [-0.39, 0.29) is 6.04 Å². The molecule has 0 bridgehead atoms. The third-order valence-corrected chi connectivity index (χ3v) is 2.56. The van der Waals surface area contributed by atoms with Gasteiger partial charge in [0.1, 0.15) is 5.76 Å². The maximum Gasteiger partial charge on any atom is 0.198 e. The van der Waals surface area contributed by atoms with Crippen LogP contribution in [0.5, 0.6) is 0 Å². The third kappa shape index (κ3) is 3.43. The van der Waals surface area contributed by atoms with Gasteiger partial charge in [0.25, 0.3) is 0 Å². The summed E-state index contributed by atoms with van der Waals surface area (Å²) in [5.41, 5.74) is 8.19. The van der Waals surface area contributed by atoms with E-state index in [1.165, 1.54) is 11.1 Å². The fourth-order valence-electron chi connectivity index (χ4n) is 1.84. The molecular formula is C14H18N2O. The number of hydrogen-bond acceptors (Lipinski definition) is 3. The Morgan fingerprint density at radius 2 is 2.24 bits per heavy atom. The van der Waals surface area contributed by atoms with E-state index < -0.39 is 0 Å². The van der Waals surface area contributed by atoms with Gasteiger partial charge in [-0.05, 0) is 19.4 Å². The van der Waals surface area contributed by atoms with Crippen molar-refractivity contribution in [2.75, 3.05) is 0 Å². The predicted molar refractivity (Wildman–Crippen MR) is 67.8 cm³/mol. The van der Waals surface area contributed by atoms with Crippen molar-refractivity contribution < 1.29 is 4.42 Å². The van der Waals surface area contributed by atoms with E-state index in [0.29, 0.717) is 0 Å². The maximum atomic E-state index is 5.72. The van der Waals surface area contributed by atoms with Crippen LogP contribution in [0.3, 0.4) is 0 Å². The Bertz CT molecular complexity index is 488. The van der Waals surface area contributed by atoms with Gasteiger partial charge in [0.15, 0.2) is 5.89 Å². The summed E-state index contributed by atoms with van der Waals surface area (Å²) in [5.74, 6) is 1.62. The van der Waals surface area contributed by atoms with Gasteiger partial charge >= 0.3 is 0 Å². The first-order valence-electron chi connectivity index (χ1n) is 5.88.